The van der Waals surface area contributed by atoms with Gasteiger partial charge in [-0.15, -0.1) is 0 Å². The van der Waals surface area contributed by atoms with Gasteiger partial charge in [-0.25, -0.2) is 4.79 Å². The summed E-state index contributed by atoms with van der Waals surface area (Å²) in [5.41, 5.74) is 0. The number of rotatable bonds is 6. The lowest BCUT2D eigenvalue weighted by molar-refractivity contribution is -0.142. The standard InChI is InChI=1S/C15H26N2O3S/c1-21-9-8-13(15(19)20)17-14(18)12-7-6-10-4-2-3-5-11(10)16-12/h10-13,16H,2-9H2,1H3,(H,17,18)(H,19,20)/t10?,11?,12?,13-/m0/s1. The van der Waals surface area contributed by atoms with E-state index in [1.54, 1.807) is 11.8 Å². The summed E-state index contributed by atoms with van der Waals surface area (Å²) >= 11 is 1.59. The Morgan fingerprint density at radius 1 is 1.29 bits per heavy atom. The molecule has 1 saturated carbocycles. The number of amides is 1. The van der Waals surface area contributed by atoms with Crippen LogP contribution in [0, 0.1) is 5.92 Å². The third-order valence-corrected chi connectivity index (χ3v) is 5.34. The van der Waals surface area contributed by atoms with Crippen molar-refractivity contribution in [2.75, 3.05) is 12.0 Å². The lowest BCUT2D eigenvalue weighted by Crippen LogP contribution is -2.57. The molecule has 1 aliphatic carbocycles. The largest absolute Gasteiger partial charge is 0.480 e. The number of hydrogen-bond donors (Lipinski definition) is 3. The molecule has 4 atom stereocenters. The molecule has 1 heterocycles. The zero-order valence-corrected chi connectivity index (χ0v) is 13.5. The average molecular weight is 314 g/mol. The van der Waals surface area contributed by atoms with Gasteiger partial charge in [0.15, 0.2) is 0 Å². The Bertz CT molecular complexity index is 378. The van der Waals surface area contributed by atoms with Crippen molar-refractivity contribution in [2.24, 2.45) is 5.92 Å². The molecule has 0 aromatic heterocycles. The minimum absolute atomic E-state index is 0.146. The highest BCUT2D eigenvalue weighted by Crippen LogP contribution is 2.32. The average Bonchev–Trinajstić information content (AvgIpc) is 2.50. The molecule has 6 heteroatoms. The first-order valence-electron chi connectivity index (χ1n) is 7.90. The lowest BCUT2D eigenvalue weighted by atomic mass is 9.77. The van der Waals surface area contributed by atoms with Crippen LogP contribution in [0.1, 0.15) is 44.9 Å². The Morgan fingerprint density at radius 2 is 2.05 bits per heavy atom. The van der Waals surface area contributed by atoms with E-state index < -0.39 is 12.0 Å². The van der Waals surface area contributed by atoms with Crippen LogP contribution in [0.15, 0.2) is 0 Å². The first kappa shape index (κ1) is 16.6. The number of nitrogens with one attached hydrogen (secondary N) is 2. The van der Waals surface area contributed by atoms with Crippen molar-refractivity contribution in [1.29, 1.82) is 0 Å². The number of carboxylic acid groups (broad SMARTS) is 1. The van der Waals surface area contributed by atoms with Gasteiger partial charge in [0, 0.05) is 6.04 Å². The van der Waals surface area contributed by atoms with Gasteiger partial charge in [0.05, 0.1) is 6.04 Å². The van der Waals surface area contributed by atoms with Gasteiger partial charge in [0.1, 0.15) is 6.04 Å². The van der Waals surface area contributed by atoms with E-state index in [1.807, 2.05) is 6.26 Å². The molecule has 0 aromatic rings. The second-order valence-electron chi connectivity index (χ2n) is 6.13. The normalized spacial score (nSPS) is 30.2. The van der Waals surface area contributed by atoms with E-state index in [1.165, 1.54) is 19.3 Å². The summed E-state index contributed by atoms with van der Waals surface area (Å²) < 4.78 is 0. The van der Waals surface area contributed by atoms with Crippen LogP contribution in [0.2, 0.25) is 0 Å². The van der Waals surface area contributed by atoms with E-state index in [0.29, 0.717) is 18.4 Å². The maximum atomic E-state index is 12.3. The molecule has 0 radical (unpaired) electrons. The highest BCUT2D eigenvalue weighted by Gasteiger charge is 2.35. The van der Waals surface area contributed by atoms with Crippen LogP contribution in [0.4, 0.5) is 0 Å². The van der Waals surface area contributed by atoms with Crippen LogP contribution in [0.25, 0.3) is 0 Å². The molecule has 2 fully saturated rings. The van der Waals surface area contributed by atoms with Crippen LogP contribution in [0.3, 0.4) is 0 Å². The summed E-state index contributed by atoms with van der Waals surface area (Å²) in [6, 6.07) is -0.547. The molecular weight excluding hydrogens is 288 g/mol. The smallest absolute Gasteiger partial charge is 0.326 e. The first-order valence-corrected chi connectivity index (χ1v) is 9.29. The molecule has 0 aromatic carbocycles. The monoisotopic (exact) mass is 314 g/mol. The Balaban J connectivity index is 1.85. The summed E-state index contributed by atoms with van der Waals surface area (Å²) in [6.07, 6.45) is 9.25. The quantitative estimate of drug-likeness (QED) is 0.694. The SMILES string of the molecule is CSCC[C@H](NC(=O)C1CCC2CCCCC2N1)C(=O)O. The van der Waals surface area contributed by atoms with Crippen LogP contribution in [0.5, 0.6) is 0 Å². The predicted octanol–water partition coefficient (Wildman–Crippen LogP) is 1.62. The Hall–Kier alpha value is -0.750. The Labute approximate surface area is 130 Å². The fourth-order valence-corrected chi connectivity index (χ4v) is 3.94. The van der Waals surface area contributed by atoms with Crippen LogP contribution < -0.4 is 10.6 Å². The Kier molecular flexibility index (Phi) is 6.36. The van der Waals surface area contributed by atoms with E-state index in [4.69, 9.17) is 0 Å². The number of fused-ring (bicyclic) bond motifs is 1. The van der Waals surface area contributed by atoms with E-state index in [0.717, 1.165) is 25.0 Å². The number of carboxylic acids is 1. The Morgan fingerprint density at radius 3 is 2.76 bits per heavy atom. The van der Waals surface area contributed by atoms with Gasteiger partial charge in [-0.2, -0.15) is 11.8 Å². The minimum atomic E-state index is -0.941. The maximum Gasteiger partial charge on any atom is 0.326 e. The van der Waals surface area contributed by atoms with Crippen molar-refractivity contribution < 1.29 is 14.7 Å². The van der Waals surface area contributed by atoms with Crippen LogP contribution >= 0.6 is 11.8 Å². The first-order chi connectivity index (χ1) is 10.1. The molecule has 2 rings (SSSR count). The highest BCUT2D eigenvalue weighted by atomic mass is 32.2. The van der Waals surface area contributed by atoms with Crippen molar-refractivity contribution >= 4 is 23.6 Å². The number of carbonyl (C=O) groups is 2. The van der Waals surface area contributed by atoms with Crippen molar-refractivity contribution in [3.05, 3.63) is 0 Å². The fraction of sp³-hybridized carbons (Fsp3) is 0.867. The summed E-state index contributed by atoms with van der Waals surface area (Å²) in [7, 11) is 0. The van der Waals surface area contributed by atoms with Gasteiger partial charge in [-0.05, 0) is 50.0 Å². The van der Waals surface area contributed by atoms with E-state index >= 15 is 0 Å². The second kappa shape index (κ2) is 8.03. The molecule has 1 saturated heterocycles. The molecule has 3 unspecified atom stereocenters. The molecule has 1 amide bonds. The van der Waals surface area contributed by atoms with Crippen molar-refractivity contribution in [3.8, 4) is 0 Å². The van der Waals surface area contributed by atoms with Crippen LogP contribution in [-0.2, 0) is 9.59 Å². The topological polar surface area (TPSA) is 78.4 Å². The van der Waals surface area contributed by atoms with Gasteiger partial charge >= 0.3 is 5.97 Å². The van der Waals surface area contributed by atoms with Gasteiger partial charge in [-0.1, -0.05) is 12.8 Å². The highest BCUT2D eigenvalue weighted by molar-refractivity contribution is 7.98. The molecular formula is C15H26N2O3S. The second-order valence-corrected chi connectivity index (χ2v) is 7.11. The number of piperidine rings is 1. The zero-order valence-electron chi connectivity index (χ0n) is 12.6. The molecule has 0 spiro atoms. The van der Waals surface area contributed by atoms with E-state index in [9.17, 15) is 14.7 Å². The van der Waals surface area contributed by atoms with Crippen molar-refractivity contribution in [1.82, 2.24) is 10.6 Å². The van der Waals surface area contributed by atoms with E-state index in [-0.39, 0.29) is 11.9 Å². The van der Waals surface area contributed by atoms with Crippen molar-refractivity contribution in [3.63, 3.8) is 0 Å². The van der Waals surface area contributed by atoms with E-state index in [2.05, 4.69) is 10.6 Å². The van der Waals surface area contributed by atoms with Gasteiger partial charge < -0.3 is 15.7 Å². The number of thioether (sulfide) groups is 1. The molecule has 0 bridgehead atoms. The van der Waals surface area contributed by atoms with Gasteiger partial charge in [0.2, 0.25) is 5.91 Å². The number of hydrogen-bond acceptors (Lipinski definition) is 4. The molecule has 1 aliphatic heterocycles. The van der Waals surface area contributed by atoms with Gasteiger partial charge in [-0.3, -0.25) is 4.79 Å². The summed E-state index contributed by atoms with van der Waals surface area (Å²) in [5.74, 6) is 0.353. The third kappa shape index (κ3) is 4.61. The maximum absolute atomic E-state index is 12.3. The summed E-state index contributed by atoms with van der Waals surface area (Å²) in [6.45, 7) is 0. The zero-order chi connectivity index (χ0) is 15.2. The third-order valence-electron chi connectivity index (χ3n) is 4.69. The molecule has 5 nitrogen and oxygen atoms in total. The molecule has 21 heavy (non-hydrogen) atoms. The lowest BCUT2D eigenvalue weighted by Gasteiger charge is -2.40. The molecule has 2 aliphatic rings. The van der Waals surface area contributed by atoms with Crippen LogP contribution in [-0.4, -0.2) is 47.1 Å². The molecule has 120 valence electrons. The number of aliphatic carboxylic acids is 1. The summed E-state index contributed by atoms with van der Waals surface area (Å²) in [4.78, 5) is 23.5. The summed E-state index contributed by atoms with van der Waals surface area (Å²) in [5, 5.41) is 15.3. The predicted molar refractivity (Wildman–Crippen MR) is 84.5 cm³/mol. The number of carbonyl (C=O) groups excluding carboxylic acids is 1. The minimum Gasteiger partial charge on any atom is -0.480 e. The van der Waals surface area contributed by atoms with Gasteiger partial charge in [0.25, 0.3) is 0 Å². The molecule has 3 N–H and O–H groups in total. The fourth-order valence-electron chi connectivity index (χ4n) is 3.47. The van der Waals surface area contributed by atoms with Crippen molar-refractivity contribution in [2.45, 2.75) is 63.1 Å².